The second-order valence-electron chi connectivity index (χ2n) is 4.45. The van der Waals surface area contributed by atoms with Gasteiger partial charge in [0, 0.05) is 0 Å². The van der Waals surface area contributed by atoms with E-state index in [1.54, 1.807) is 38.3 Å². The summed E-state index contributed by atoms with van der Waals surface area (Å²) in [6.45, 7) is 4.20. The third kappa shape index (κ3) is 3.88. The van der Waals surface area contributed by atoms with Gasteiger partial charge in [-0.2, -0.15) is 5.10 Å². The highest BCUT2D eigenvalue weighted by molar-refractivity contribution is 5.92. The number of methoxy groups -OCH3 is 1. The molecule has 1 amide bonds. The number of ether oxygens (including phenoxy) is 2. The largest absolute Gasteiger partial charge is 0.493 e. The molecule has 0 saturated heterocycles. The molecular weight excluding hydrogens is 284 g/mol. The molecule has 2 aromatic rings. The normalized spacial score (nSPS) is 10.7. The lowest BCUT2D eigenvalue weighted by molar-refractivity contribution is 0.0926. The topological polar surface area (TPSA) is 73.1 Å². The molecule has 22 heavy (non-hydrogen) atoms. The Labute approximate surface area is 128 Å². The first-order valence-corrected chi connectivity index (χ1v) is 6.84. The highest BCUT2D eigenvalue weighted by atomic mass is 16.5. The van der Waals surface area contributed by atoms with Gasteiger partial charge < -0.3 is 13.9 Å². The second-order valence-corrected chi connectivity index (χ2v) is 4.45. The van der Waals surface area contributed by atoms with E-state index in [0.29, 0.717) is 23.9 Å². The minimum Gasteiger partial charge on any atom is -0.493 e. The number of benzene rings is 1. The van der Waals surface area contributed by atoms with Crippen molar-refractivity contribution in [3.63, 3.8) is 0 Å². The van der Waals surface area contributed by atoms with Gasteiger partial charge in [0.05, 0.1) is 19.9 Å². The predicted molar refractivity (Wildman–Crippen MR) is 82.7 cm³/mol. The van der Waals surface area contributed by atoms with E-state index >= 15 is 0 Å². The molecule has 0 saturated carbocycles. The summed E-state index contributed by atoms with van der Waals surface area (Å²) < 4.78 is 15.9. The molecule has 0 bridgehead atoms. The second kappa shape index (κ2) is 7.31. The number of hydrogen-bond donors (Lipinski definition) is 1. The molecule has 116 valence electrons. The maximum absolute atomic E-state index is 11.8. The maximum Gasteiger partial charge on any atom is 0.307 e. The van der Waals surface area contributed by atoms with Crippen molar-refractivity contribution in [3.05, 3.63) is 47.4 Å². The Bertz CT molecular complexity index is 677. The summed E-state index contributed by atoms with van der Waals surface area (Å²) >= 11 is 0. The van der Waals surface area contributed by atoms with Crippen molar-refractivity contribution in [1.82, 2.24) is 5.43 Å². The molecule has 1 N–H and O–H groups in total. The molecule has 1 aromatic carbocycles. The number of nitrogens with one attached hydrogen (secondary N) is 1. The standard InChI is InChI=1S/C16H18N2O4/c1-4-21-15-9-12(6-8-13(15)20-3)10-17-18-16(19)14-7-5-11(2)22-14/h5-10H,4H2,1-3H3,(H,18,19)/b17-10-. The van der Waals surface area contributed by atoms with E-state index in [1.165, 1.54) is 6.21 Å². The van der Waals surface area contributed by atoms with Crippen LogP contribution in [0.1, 0.15) is 28.8 Å². The van der Waals surface area contributed by atoms with Crippen molar-refractivity contribution in [2.45, 2.75) is 13.8 Å². The van der Waals surface area contributed by atoms with Gasteiger partial charge in [0.15, 0.2) is 17.3 Å². The highest BCUT2D eigenvalue weighted by Gasteiger charge is 2.08. The third-order valence-electron chi connectivity index (χ3n) is 2.83. The van der Waals surface area contributed by atoms with Crippen LogP contribution in [0.4, 0.5) is 0 Å². The SMILES string of the molecule is CCOc1cc(/C=N\NC(=O)c2ccc(C)o2)ccc1OC. The van der Waals surface area contributed by atoms with E-state index in [-0.39, 0.29) is 5.76 Å². The van der Waals surface area contributed by atoms with Crippen LogP contribution in [-0.4, -0.2) is 25.8 Å². The van der Waals surface area contributed by atoms with Crippen molar-refractivity contribution in [3.8, 4) is 11.5 Å². The van der Waals surface area contributed by atoms with Gasteiger partial charge >= 0.3 is 5.91 Å². The average molecular weight is 302 g/mol. The molecule has 1 aromatic heterocycles. The van der Waals surface area contributed by atoms with Gasteiger partial charge in [-0.05, 0) is 49.7 Å². The van der Waals surface area contributed by atoms with E-state index in [2.05, 4.69) is 10.5 Å². The van der Waals surface area contributed by atoms with Crippen molar-refractivity contribution in [2.75, 3.05) is 13.7 Å². The monoisotopic (exact) mass is 302 g/mol. The highest BCUT2D eigenvalue weighted by Crippen LogP contribution is 2.27. The third-order valence-corrected chi connectivity index (χ3v) is 2.83. The summed E-state index contributed by atoms with van der Waals surface area (Å²) in [5.41, 5.74) is 3.18. The number of hydrogen-bond acceptors (Lipinski definition) is 5. The number of aryl methyl sites for hydroxylation is 1. The molecule has 0 fully saturated rings. The van der Waals surface area contributed by atoms with Gasteiger partial charge in [-0.15, -0.1) is 0 Å². The lowest BCUT2D eigenvalue weighted by Gasteiger charge is -2.09. The Morgan fingerprint density at radius 2 is 2.14 bits per heavy atom. The van der Waals surface area contributed by atoms with Crippen LogP contribution >= 0.6 is 0 Å². The molecule has 1 heterocycles. The zero-order chi connectivity index (χ0) is 15.9. The molecule has 0 unspecified atom stereocenters. The summed E-state index contributed by atoms with van der Waals surface area (Å²) in [5.74, 6) is 1.77. The van der Waals surface area contributed by atoms with E-state index in [1.807, 2.05) is 13.0 Å². The Kier molecular flexibility index (Phi) is 5.19. The Balaban J connectivity index is 2.03. The number of carbonyl (C=O) groups is 1. The zero-order valence-corrected chi connectivity index (χ0v) is 12.8. The van der Waals surface area contributed by atoms with Crippen molar-refractivity contribution in [2.24, 2.45) is 5.10 Å². The summed E-state index contributed by atoms with van der Waals surface area (Å²) in [4.78, 5) is 11.8. The number of hydrazone groups is 1. The van der Waals surface area contributed by atoms with E-state index < -0.39 is 5.91 Å². The van der Waals surface area contributed by atoms with Gasteiger partial charge in [-0.25, -0.2) is 5.43 Å². The average Bonchev–Trinajstić information content (AvgIpc) is 2.94. The van der Waals surface area contributed by atoms with Crippen LogP contribution in [0, 0.1) is 6.92 Å². The number of nitrogens with zero attached hydrogens (tertiary/aromatic N) is 1. The first kappa shape index (κ1) is 15.6. The van der Waals surface area contributed by atoms with Gasteiger partial charge in [-0.1, -0.05) is 0 Å². The molecule has 0 spiro atoms. The Morgan fingerprint density at radius 3 is 2.77 bits per heavy atom. The fraction of sp³-hybridized carbons (Fsp3) is 0.250. The van der Waals surface area contributed by atoms with Crippen LogP contribution in [0.5, 0.6) is 11.5 Å². The molecule has 2 rings (SSSR count). The van der Waals surface area contributed by atoms with Gasteiger partial charge in [0.2, 0.25) is 0 Å². The number of furan rings is 1. The molecule has 0 aliphatic rings. The molecular formula is C16H18N2O4. The molecule has 6 heteroatoms. The minimum absolute atomic E-state index is 0.222. The summed E-state index contributed by atoms with van der Waals surface area (Å²) in [6.07, 6.45) is 1.52. The molecule has 0 radical (unpaired) electrons. The minimum atomic E-state index is -0.400. The lowest BCUT2D eigenvalue weighted by atomic mass is 10.2. The van der Waals surface area contributed by atoms with Crippen molar-refractivity contribution in [1.29, 1.82) is 0 Å². The molecule has 0 atom stereocenters. The molecule has 0 aliphatic heterocycles. The quantitative estimate of drug-likeness (QED) is 0.658. The number of carbonyl (C=O) groups excluding carboxylic acids is 1. The van der Waals surface area contributed by atoms with Gasteiger partial charge in [0.1, 0.15) is 5.76 Å². The van der Waals surface area contributed by atoms with E-state index in [0.717, 1.165) is 5.56 Å². The van der Waals surface area contributed by atoms with Crippen molar-refractivity contribution >= 4 is 12.1 Å². The first-order valence-electron chi connectivity index (χ1n) is 6.84. The fourth-order valence-corrected chi connectivity index (χ4v) is 1.82. The number of amides is 1. The van der Waals surface area contributed by atoms with Gasteiger partial charge in [-0.3, -0.25) is 4.79 Å². The predicted octanol–water partition coefficient (Wildman–Crippen LogP) is 2.76. The van der Waals surface area contributed by atoms with Gasteiger partial charge in [0.25, 0.3) is 0 Å². The van der Waals surface area contributed by atoms with Crippen LogP contribution in [-0.2, 0) is 0 Å². The maximum atomic E-state index is 11.8. The summed E-state index contributed by atoms with van der Waals surface area (Å²) in [5, 5.41) is 3.90. The summed E-state index contributed by atoms with van der Waals surface area (Å²) in [6, 6.07) is 8.70. The van der Waals surface area contributed by atoms with Crippen LogP contribution in [0.2, 0.25) is 0 Å². The Hall–Kier alpha value is -2.76. The Morgan fingerprint density at radius 1 is 1.32 bits per heavy atom. The van der Waals surface area contributed by atoms with E-state index in [9.17, 15) is 4.79 Å². The first-order chi connectivity index (χ1) is 10.6. The van der Waals surface area contributed by atoms with Crippen LogP contribution in [0.3, 0.4) is 0 Å². The molecule has 0 aliphatic carbocycles. The van der Waals surface area contributed by atoms with Crippen molar-refractivity contribution < 1.29 is 18.7 Å². The van der Waals surface area contributed by atoms with Crippen LogP contribution in [0.15, 0.2) is 39.9 Å². The number of rotatable bonds is 6. The molecule has 6 nitrogen and oxygen atoms in total. The fourth-order valence-electron chi connectivity index (χ4n) is 1.82. The van der Waals surface area contributed by atoms with E-state index in [4.69, 9.17) is 13.9 Å². The van der Waals surface area contributed by atoms with Crippen LogP contribution < -0.4 is 14.9 Å². The smallest absolute Gasteiger partial charge is 0.307 e. The lowest BCUT2D eigenvalue weighted by Crippen LogP contribution is -2.16. The van der Waals surface area contributed by atoms with Crippen LogP contribution in [0.25, 0.3) is 0 Å². The zero-order valence-electron chi connectivity index (χ0n) is 12.8. The summed E-state index contributed by atoms with van der Waals surface area (Å²) in [7, 11) is 1.58.